The normalized spacial score (nSPS) is 14.7. The van der Waals surface area contributed by atoms with Gasteiger partial charge in [-0.25, -0.2) is 9.97 Å². The molecule has 1 aliphatic rings. The Morgan fingerprint density at radius 3 is 2.68 bits per heavy atom. The third kappa shape index (κ3) is 4.03. The monoisotopic (exact) mass is 346 g/mol. The quantitative estimate of drug-likeness (QED) is 0.536. The van der Waals surface area contributed by atoms with Crippen LogP contribution in [0.15, 0.2) is 29.1 Å². The van der Waals surface area contributed by atoms with Gasteiger partial charge >= 0.3 is 11.6 Å². The molecule has 0 unspecified atom stereocenters. The fraction of sp³-hybridized carbons (Fsp3) is 0.400. The minimum absolute atomic E-state index is 0.0739. The van der Waals surface area contributed by atoms with Gasteiger partial charge in [0.25, 0.3) is 0 Å². The molecular weight excluding hydrogens is 328 g/mol. The van der Waals surface area contributed by atoms with E-state index in [1.807, 2.05) is 0 Å². The van der Waals surface area contributed by atoms with Crippen LogP contribution in [0.25, 0.3) is 0 Å². The van der Waals surface area contributed by atoms with Crippen LogP contribution in [0.4, 0.5) is 17.3 Å². The van der Waals surface area contributed by atoms with Crippen molar-refractivity contribution in [3.8, 4) is 0 Å². The molecule has 1 amide bonds. The van der Waals surface area contributed by atoms with Crippen molar-refractivity contribution >= 4 is 23.2 Å². The van der Waals surface area contributed by atoms with Crippen molar-refractivity contribution in [2.24, 2.45) is 0 Å². The highest BCUT2D eigenvalue weighted by molar-refractivity contribution is 5.92. The van der Waals surface area contributed by atoms with Crippen LogP contribution >= 0.6 is 0 Å². The lowest BCUT2D eigenvalue weighted by Gasteiger charge is -2.23. The highest BCUT2D eigenvalue weighted by Gasteiger charge is 2.26. The van der Waals surface area contributed by atoms with E-state index in [1.54, 1.807) is 6.07 Å². The van der Waals surface area contributed by atoms with Crippen LogP contribution in [0.5, 0.6) is 0 Å². The van der Waals surface area contributed by atoms with E-state index in [0.29, 0.717) is 0 Å². The standard InChI is InChI=1S/C15H18N6O4/c22-15(11-7-4-8-25-11)20-19-14-12(21(23)24)13(16-9-17-14)18-10-5-2-1-3-6-10/h4,7-10H,1-3,5-6H2,(H,20,22)(H2,16,17,18,19). The first-order valence-corrected chi connectivity index (χ1v) is 8.01. The first-order chi connectivity index (χ1) is 12.1. The van der Waals surface area contributed by atoms with E-state index < -0.39 is 10.8 Å². The molecule has 3 N–H and O–H groups in total. The smallest absolute Gasteiger partial charge is 0.354 e. The Hall–Kier alpha value is -3.17. The Morgan fingerprint density at radius 2 is 2.00 bits per heavy atom. The number of nitrogens with zero attached hydrogens (tertiary/aromatic N) is 3. The van der Waals surface area contributed by atoms with Crippen LogP contribution < -0.4 is 16.2 Å². The second-order valence-electron chi connectivity index (χ2n) is 5.71. The largest absolute Gasteiger partial charge is 0.459 e. The molecule has 1 saturated carbocycles. The number of aromatic nitrogens is 2. The van der Waals surface area contributed by atoms with E-state index in [-0.39, 0.29) is 29.1 Å². The lowest BCUT2D eigenvalue weighted by atomic mass is 9.95. The molecule has 0 saturated heterocycles. The second kappa shape index (κ2) is 7.60. The number of nitrogens with one attached hydrogen (secondary N) is 3. The summed E-state index contributed by atoms with van der Waals surface area (Å²) in [5.74, 6) is -0.454. The topological polar surface area (TPSA) is 135 Å². The Labute approximate surface area is 143 Å². The fourth-order valence-corrected chi connectivity index (χ4v) is 2.77. The summed E-state index contributed by atoms with van der Waals surface area (Å²) < 4.78 is 4.95. The molecule has 1 fully saturated rings. The molecule has 10 nitrogen and oxygen atoms in total. The Kier molecular flexibility index (Phi) is 5.07. The lowest BCUT2D eigenvalue weighted by Crippen LogP contribution is -2.30. The lowest BCUT2D eigenvalue weighted by molar-refractivity contribution is -0.383. The number of carbonyl (C=O) groups is 1. The van der Waals surface area contributed by atoms with E-state index in [9.17, 15) is 14.9 Å². The van der Waals surface area contributed by atoms with Gasteiger partial charge in [-0.15, -0.1) is 0 Å². The summed E-state index contributed by atoms with van der Waals surface area (Å²) in [5, 5.41) is 14.6. The van der Waals surface area contributed by atoms with Crippen LogP contribution in [0, 0.1) is 10.1 Å². The van der Waals surface area contributed by atoms with E-state index in [1.165, 1.54) is 25.1 Å². The number of nitro groups is 1. The average molecular weight is 346 g/mol. The minimum atomic E-state index is -0.577. The summed E-state index contributed by atoms with van der Waals surface area (Å²) >= 11 is 0. The van der Waals surface area contributed by atoms with Crippen LogP contribution in [0.3, 0.4) is 0 Å². The molecule has 0 bridgehead atoms. The summed E-state index contributed by atoms with van der Waals surface area (Å²) in [6.07, 6.45) is 7.80. The number of furan rings is 1. The molecule has 0 radical (unpaired) electrons. The number of amides is 1. The van der Waals surface area contributed by atoms with Gasteiger partial charge in [-0.3, -0.25) is 25.8 Å². The predicted octanol–water partition coefficient (Wildman–Crippen LogP) is 2.48. The molecule has 0 aliphatic heterocycles. The maximum atomic E-state index is 11.9. The van der Waals surface area contributed by atoms with Gasteiger partial charge in [0.05, 0.1) is 11.2 Å². The van der Waals surface area contributed by atoms with Crippen molar-refractivity contribution in [3.63, 3.8) is 0 Å². The van der Waals surface area contributed by atoms with Gasteiger partial charge in [0.1, 0.15) is 6.33 Å². The Morgan fingerprint density at radius 1 is 1.24 bits per heavy atom. The predicted molar refractivity (Wildman–Crippen MR) is 89.0 cm³/mol. The molecule has 0 atom stereocenters. The number of carbonyl (C=O) groups excluding carboxylic acids is 1. The zero-order chi connectivity index (χ0) is 17.6. The van der Waals surface area contributed by atoms with Gasteiger partial charge in [-0.05, 0) is 25.0 Å². The number of rotatable bonds is 6. The Bertz CT molecular complexity index is 742. The first-order valence-electron chi connectivity index (χ1n) is 8.01. The summed E-state index contributed by atoms with van der Waals surface area (Å²) in [7, 11) is 0. The van der Waals surface area contributed by atoms with Gasteiger partial charge in [0, 0.05) is 6.04 Å². The van der Waals surface area contributed by atoms with Gasteiger partial charge in [-0.1, -0.05) is 19.3 Å². The summed E-state index contributed by atoms with van der Waals surface area (Å²) in [5.41, 5.74) is 4.48. The first kappa shape index (κ1) is 16.7. The highest BCUT2D eigenvalue weighted by Crippen LogP contribution is 2.31. The molecular formula is C15H18N6O4. The minimum Gasteiger partial charge on any atom is -0.459 e. The van der Waals surface area contributed by atoms with E-state index >= 15 is 0 Å². The van der Waals surface area contributed by atoms with Crippen molar-refractivity contribution in [2.45, 2.75) is 38.1 Å². The molecule has 1 aliphatic carbocycles. The van der Waals surface area contributed by atoms with Crippen molar-refractivity contribution in [1.82, 2.24) is 15.4 Å². The molecule has 2 aromatic rings. The van der Waals surface area contributed by atoms with E-state index in [4.69, 9.17) is 4.42 Å². The van der Waals surface area contributed by atoms with Crippen LogP contribution in [0.2, 0.25) is 0 Å². The maximum Gasteiger partial charge on any atom is 0.354 e. The third-order valence-electron chi connectivity index (χ3n) is 3.99. The summed E-state index contributed by atoms with van der Waals surface area (Å²) in [4.78, 5) is 30.6. The van der Waals surface area contributed by atoms with Gasteiger partial charge in [-0.2, -0.15) is 0 Å². The molecule has 3 rings (SSSR count). The SMILES string of the molecule is O=C(NNc1ncnc(NC2CCCCC2)c1[N+](=O)[O-])c1ccco1. The number of hydrogen-bond donors (Lipinski definition) is 3. The van der Waals surface area contributed by atoms with Crippen molar-refractivity contribution in [2.75, 3.05) is 10.7 Å². The van der Waals surface area contributed by atoms with Crippen LogP contribution in [0.1, 0.15) is 42.7 Å². The van der Waals surface area contributed by atoms with Crippen LogP contribution in [-0.2, 0) is 0 Å². The average Bonchev–Trinajstić information content (AvgIpc) is 3.15. The molecule has 2 aromatic heterocycles. The molecule has 2 heterocycles. The second-order valence-corrected chi connectivity index (χ2v) is 5.71. The molecule has 25 heavy (non-hydrogen) atoms. The maximum absolute atomic E-state index is 11.9. The van der Waals surface area contributed by atoms with Gasteiger partial charge in [0.15, 0.2) is 5.76 Å². The van der Waals surface area contributed by atoms with Crippen molar-refractivity contribution < 1.29 is 14.1 Å². The third-order valence-corrected chi connectivity index (χ3v) is 3.99. The van der Waals surface area contributed by atoms with Crippen molar-refractivity contribution in [1.29, 1.82) is 0 Å². The molecule has 0 aromatic carbocycles. The van der Waals surface area contributed by atoms with Crippen LogP contribution in [-0.4, -0.2) is 26.8 Å². The highest BCUT2D eigenvalue weighted by atomic mass is 16.6. The Balaban J connectivity index is 1.75. The summed E-state index contributed by atoms with van der Waals surface area (Å²) in [6, 6.07) is 3.18. The zero-order valence-electron chi connectivity index (χ0n) is 13.4. The molecule has 132 valence electrons. The summed E-state index contributed by atoms with van der Waals surface area (Å²) in [6.45, 7) is 0. The number of hydrazine groups is 1. The van der Waals surface area contributed by atoms with Gasteiger partial charge < -0.3 is 9.73 Å². The molecule has 10 heteroatoms. The zero-order valence-corrected chi connectivity index (χ0v) is 13.4. The number of anilines is 2. The van der Waals surface area contributed by atoms with E-state index in [0.717, 1.165) is 25.7 Å². The number of hydrogen-bond acceptors (Lipinski definition) is 8. The fourth-order valence-electron chi connectivity index (χ4n) is 2.77. The molecule has 0 spiro atoms. The van der Waals surface area contributed by atoms with E-state index in [2.05, 4.69) is 26.1 Å². The van der Waals surface area contributed by atoms with Crippen molar-refractivity contribution in [3.05, 3.63) is 40.6 Å². The van der Waals surface area contributed by atoms with Gasteiger partial charge in [0.2, 0.25) is 11.6 Å².